The van der Waals surface area contributed by atoms with E-state index in [1.807, 2.05) is 0 Å². The molecule has 2 aliphatic rings. The second-order valence-electron chi connectivity index (χ2n) is 5.84. The Bertz CT molecular complexity index is 433. The summed E-state index contributed by atoms with van der Waals surface area (Å²) in [6, 6.07) is 5.46. The Hall–Kier alpha value is -0.860. The topological polar surface area (TPSA) is 15.3 Å². The van der Waals surface area contributed by atoms with Gasteiger partial charge in [0.05, 0.1) is 0 Å². The van der Waals surface area contributed by atoms with Crippen LogP contribution in [-0.4, -0.2) is 31.1 Å². The van der Waals surface area contributed by atoms with E-state index in [0.717, 1.165) is 13.1 Å². The van der Waals surface area contributed by atoms with E-state index in [9.17, 15) is 0 Å². The van der Waals surface area contributed by atoms with Crippen LogP contribution in [0.15, 0.2) is 12.1 Å². The highest BCUT2D eigenvalue weighted by molar-refractivity contribution is 5.41. The van der Waals surface area contributed by atoms with Crippen molar-refractivity contribution in [3.63, 3.8) is 0 Å². The highest BCUT2D eigenvalue weighted by atomic mass is 15.2. The first-order chi connectivity index (χ1) is 8.75. The minimum absolute atomic E-state index is 0.675. The van der Waals surface area contributed by atoms with Gasteiger partial charge in [0.15, 0.2) is 0 Å². The molecule has 0 saturated carbocycles. The van der Waals surface area contributed by atoms with E-state index in [4.69, 9.17) is 0 Å². The van der Waals surface area contributed by atoms with Crippen LogP contribution in [0.1, 0.15) is 41.1 Å². The van der Waals surface area contributed by atoms with Crippen LogP contribution in [0.25, 0.3) is 0 Å². The second kappa shape index (κ2) is 5.02. The first-order valence-corrected chi connectivity index (χ1v) is 7.30. The Balaban J connectivity index is 1.95. The molecule has 1 aromatic rings. The first-order valence-electron chi connectivity index (χ1n) is 7.30. The van der Waals surface area contributed by atoms with Crippen molar-refractivity contribution in [2.24, 2.45) is 0 Å². The number of hydrogen-bond donors (Lipinski definition) is 1. The van der Waals surface area contributed by atoms with Crippen LogP contribution >= 0.6 is 0 Å². The number of nitrogens with one attached hydrogen (secondary N) is 1. The monoisotopic (exact) mass is 244 g/mol. The predicted octanol–water partition coefficient (Wildman–Crippen LogP) is 2.59. The molecule has 18 heavy (non-hydrogen) atoms. The minimum Gasteiger partial charge on any atom is -0.314 e. The summed E-state index contributed by atoms with van der Waals surface area (Å²) in [5.74, 6) is 0. The zero-order chi connectivity index (χ0) is 12.5. The third kappa shape index (κ3) is 2.19. The minimum atomic E-state index is 0.675. The van der Waals surface area contributed by atoms with Gasteiger partial charge in [-0.15, -0.1) is 0 Å². The Morgan fingerprint density at radius 1 is 1.17 bits per heavy atom. The van der Waals surface area contributed by atoms with Crippen molar-refractivity contribution in [3.8, 4) is 0 Å². The van der Waals surface area contributed by atoms with E-state index < -0.39 is 0 Å². The van der Waals surface area contributed by atoms with Gasteiger partial charge in [-0.05, 0) is 49.8 Å². The Labute approximate surface area is 110 Å². The lowest BCUT2D eigenvalue weighted by molar-refractivity contribution is 0.158. The number of rotatable bonds is 1. The zero-order valence-electron chi connectivity index (χ0n) is 11.6. The Kier molecular flexibility index (Phi) is 3.40. The normalized spacial score (nSPS) is 24.9. The number of nitrogens with zero attached hydrogens (tertiary/aromatic N) is 1. The molecule has 1 unspecified atom stereocenters. The molecule has 1 aromatic carbocycles. The summed E-state index contributed by atoms with van der Waals surface area (Å²) in [5.41, 5.74) is 6.19. The van der Waals surface area contributed by atoms with Crippen molar-refractivity contribution < 1.29 is 0 Å². The van der Waals surface area contributed by atoms with Gasteiger partial charge in [-0.25, -0.2) is 0 Å². The number of aryl methyl sites for hydroxylation is 2. The van der Waals surface area contributed by atoms with Crippen LogP contribution < -0.4 is 5.32 Å². The standard InChI is InChI=1S/C16H24N2/c1-12-10-13(2)14-4-3-5-16(15(14)11-12)18-8-6-17-7-9-18/h10-11,16-17H,3-9H2,1-2H3. The molecule has 1 saturated heterocycles. The highest BCUT2D eigenvalue weighted by Gasteiger charge is 2.27. The Morgan fingerprint density at radius 3 is 2.72 bits per heavy atom. The molecule has 0 aromatic heterocycles. The van der Waals surface area contributed by atoms with Crippen LogP contribution in [0, 0.1) is 13.8 Å². The SMILES string of the molecule is Cc1cc(C)c2c(c1)C(N1CCNCC1)CCC2. The fourth-order valence-corrected chi connectivity index (χ4v) is 3.67. The number of hydrogen-bond acceptors (Lipinski definition) is 2. The maximum absolute atomic E-state index is 3.46. The first kappa shape index (κ1) is 12.2. The maximum atomic E-state index is 3.46. The molecule has 1 N–H and O–H groups in total. The van der Waals surface area contributed by atoms with E-state index in [0.29, 0.717) is 6.04 Å². The fraction of sp³-hybridized carbons (Fsp3) is 0.625. The molecule has 3 rings (SSSR count). The molecule has 1 aliphatic carbocycles. The summed E-state index contributed by atoms with van der Waals surface area (Å²) < 4.78 is 0. The molecule has 1 heterocycles. The third-order valence-electron chi connectivity index (χ3n) is 4.51. The van der Waals surface area contributed by atoms with Gasteiger partial charge in [-0.3, -0.25) is 4.90 Å². The second-order valence-corrected chi connectivity index (χ2v) is 5.84. The molecule has 1 fully saturated rings. The number of piperazine rings is 1. The van der Waals surface area contributed by atoms with E-state index in [1.54, 1.807) is 11.1 Å². The average Bonchev–Trinajstić information content (AvgIpc) is 2.39. The highest BCUT2D eigenvalue weighted by Crippen LogP contribution is 2.36. The van der Waals surface area contributed by atoms with Crippen LogP contribution in [0.5, 0.6) is 0 Å². The number of benzene rings is 1. The molecular weight excluding hydrogens is 220 g/mol. The van der Waals surface area contributed by atoms with Gasteiger partial charge in [-0.2, -0.15) is 0 Å². The van der Waals surface area contributed by atoms with Gasteiger partial charge >= 0.3 is 0 Å². The van der Waals surface area contributed by atoms with Crippen LogP contribution in [0.2, 0.25) is 0 Å². The van der Waals surface area contributed by atoms with E-state index in [-0.39, 0.29) is 0 Å². The summed E-state index contributed by atoms with van der Waals surface area (Å²) >= 11 is 0. The molecule has 1 aliphatic heterocycles. The fourth-order valence-electron chi connectivity index (χ4n) is 3.67. The van der Waals surface area contributed by atoms with Crippen molar-refractivity contribution in [1.29, 1.82) is 0 Å². The maximum Gasteiger partial charge on any atom is 0.0352 e. The van der Waals surface area contributed by atoms with Gasteiger partial charge in [0.25, 0.3) is 0 Å². The van der Waals surface area contributed by atoms with E-state index >= 15 is 0 Å². The zero-order valence-corrected chi connectivity index (χ0v) is 11.6. The summed E-state index contributed by atoms with van der Waals surface area (Å²) in [4.78, 5) is 2.69. The van der Waals surface area contributed by atoms with Crippen LogP contribution in [0.3, 0.4) is 0 Å². The van der Waals surface area contributed by atoms with Crippen molar-refractivity contribution >= 4 is 0 Å². The lowest BCUT2D eigenvalue weighted by Crippen LogP contribution is -2.45. The lowest BCUT2D eigenvalue weighted by Gasteiger charge is -2.39. The molecule has 98 valence electrons. The summed E-state index contributed by atoms with van der Waals surface area (Å²) in [5, 5.41) is 3.46. The average molecular weight is 244 g/mol. The van der Waals surface area contributed by atoms with Crippen LogP contribution in [0.4, 0.5) is 0 Å². The smallest absolute Gasteiger partial charge is 0.0352 e. The van der Waals surface area contributed by atoms with Crippen molar-refractivity contribution in [2.45, 2.75) is 39.2 Å². The van der Waals surface area contributed by atoms with Gasteiger partial charge in [0, 0.05) is 32.2 Å². The Morgan fingerprint density at radius 2 is 1.94 bits per heavy atom. The molecule has 0 bridgehead atoms. The van der Waals surface area contributed by atoms with Crippen molar-refractivity contribution in [1.82, 2.24) is 10.2 Å². The number of fused-ring (bicyclic) bond motifs is 1. The third-order valence-corrected chi connectivity index (χ3v) is 4.51. The van der Waals surface area contributed by atoms with Gasteiger partial charge in [0.2, 0.25) is 0 Å². The molecule has 2 nitrogen and oxygen atoms in total. The van der Waals surface area contributed by atoms with Crippen molar-refractivity contribution in [2.75, 3.05) is 26.2 Å². The van der Waals surface area contributed by atoms with Gasteiger partial charge in [0.1, 0.15) is 0 Å². The summed E-state index contributed by atoms with van der Waals surface area (Å²) in [6.45, 7) is 9.23. The molecule has 1 atom stereocenters. The predicted molar refractivity (Wildman–Crippen MR) is 76.0 cm³/mol. The van der Waals surface area contributed by atoms with Crippen molar-refractivity contribution in [3.05, 3.63) is 34.4 Å². The molecule has 0 radical (unpaired) electrons. The summed E-state index contributed by atoms with van der Waals surface area (Å²) in [7, 11) is 0. The van der Waals surface area contributed by atoms with Gasteiger partial charge in [-0.1, -0.05) is 17.7 Å². The molecular formula is C16H24N2. The van der Waals surface area contributed by atoms with Gasteiger partial charge < -0.3 is 5.32 Å². The molecule has 2 heteroatoms. The summed E-state index contributed by atoms with van der Waals surface area (Å²) in [6.07, 6.45) is 3.98. The van der Waals surface area contributed by atoms with E-state index in [1.165, 1.54) is 43.5 Å². The lowest BCUT2D eigenvalue weighted by atomic mass is 9.83. The van der Waals surface area contributed by atoms with Crippen LogP contribution in [-0.2, 0) is 6.42 Å². The largest absolute Gasteiger partial charge is 0.314 e. The molecule has 0 amide bonds. The van der Waals surface area contributed by atoms with E-state index in [2.05, 4.69) is 36.2 Å². The quantitative estimate of drug-likeness (QED) is 0.817. The molecule has 0 spiro atoms.